The van der Waals surface area contributed by atoms with Crippen molar-refractivity contribution in [3.8, 4) is 0 Å². The van der Waals surface area contributed by atoms with Crippen LogP contribution in [0.4, 0.5) is 25.3 Å². The molecular weight excluding hydrogens is 486 g/mol. The molecule has 2 aromatic carbocycles. The monoisotopic (exact) mass is 502 g/mol. The molecule has 2 aromatic heterocycles. The van der Waals surface area contributed by atoms with Crippen LogP contribution in [0.15, 0.2) is 36.4 Å². The number of nitrogens with zero attached hydrogens (tertiary/aromatic N) is 6. The number of nitro benzene ring substituents is 2. The van der Waals surface area contributed by atoms with E-state index in [9.17, 15) is 33.8 Å². The fourth-order valence-corrected chi connectivity index (χ4v) is 4.56. The summed E-state index contributed by atoms with van der Waals surface area (Å²) in [7, 11) is 0. The van der Waals surface area contributed by atoms with Crippen LogP contribution in [0.1, 0.15) is 21.7 Å². The Morgan fingerprint density at radius 3 is 2.29 bits per heavy atom. The number of carbonyl (C=O) groups excluding carboxylic acids is 1. The van der Waals surface area contributed by atoms with Gasteiger partial charge in [-0.3, -0.25) is 34.6 Å². The molecule has 2 heterocycles. The Morgan fingerprint density at radius 2 is 1.71 bits per heavy atom. The number of rotatable bonds is 7. The maximum Gasteiger partial charge on any atom is 0.277 e. The number of carbonyl (C=O) groups is 1. The van der Waals surface area contributed by atoms with Crippen molar-refractivity contribution in [3.63, 3.8) is 0 Å². The summed E-state index contributed by atoms with van der Waals surface area (Å²) < 4.78 is 29.8. The number of thiazole rings is 1. The number of aromatic nitrogens is 3. The third kappa shape index (κ3) is 4.82. The fourth-order valence-electron chi connectivity index (χ4n) is 3.53. The first-order valence-corrected chi connectivity index (χ1v) is 10.9. The van der Waals surface area contributed by atoms with Crippen molar-refractivity contribution in [2.75, 3.05) is 11.4 Å². The van der Waals surface area contributed by atoms with Crippen LogP contribution in [-0.4, -0.2) is 37.1 Å². The summed E-state index contributed by atoms with van der Waals surface area (Å²) in [5.74, 6) is -2.57. The van der Waals surface area contributed by atoms with Gasteiger partial charge in [-0.1, -0.05) is 11.3 Å². The molecule has 0 fully saturated rings. The molecule has 0 atom stereocenters. The standard InChI is InChI=1S/C21H16F2N6O5S/c1-11-5-12(2)27(25-11)4-3-26(21-24-19-17(23)8-14(22)9-18(19)35-21)20(30)13-6-15(28(31)32)10-16(7-13)29(33)34/h5-10H,3-4H2,1-2H3. The summed E-state index contributed by atoms with van der Waals surface area (Å²) >= 11 is 0.839. The first kappa shape index (κ1) is 23.8. The SMILES string of the molecule is Cc1cc(C)n(CCN(C(=O)c2cc([N+](=O)[O-])cc([N+](=O)[O-])c2)c2nc3c(F)cc(F)cc3s2)n1. The summed E-state index contributed by atoms with van der Waals surface area (Å²) in [6.45, 7) is 3.72. The van der Waals surface area contributed by atoms with Crippen molar-refractivity contribution in [2.45, 2.75) is 20.4 Å². The van der Waals surface area contributed by atoms with Crippen molar-refractivity contribution in [3.05, 3.63) is 85.2 Å². The fraction of sp³-hybridized carbons (Fsp3) is 0.190. The van der Waals surface area contributed by atoms with Gasteiger partial charge >= 0.3 is 0 Å². The minimum atomic E-state index is -0.917. The summed E-state index contributed by atoms with van der Waals surface area (Å²) in [4.78, 5) is 39.6. The van der Waals surface area contributed by atoms with Gasteiger partial charge in [-0.25, -0.2) is 13.8 Å². The molecule has 0 bridgehead atoms. The topological polar surface area (TPSA) is 137 Å². The van der Waals surface area contributed by atoms with Crippen molar-refractivity contribution >= 4 is 44.0 Å². The van der Waals surface area contributed by atoms with Gasteiger partial charge in [-0.15, -0.1) is 0 Å². The normalized spacial score (nSPS) is 11.1. The lowest BCUT2D eigenvalue weighted by molar-refractivity contribution is -0.394. The van der Waals surface area contributed by atoms with Gasteiger partial charge in [0, 0.05) is 30.4 Å². The Morgan fingerprint density at radius 1 is 1.06 bits per heavy atom. The minimum Gasteiger partial charge on any atom is -0.282 e. The molecule has 0 saturated carbocycles. The highest BCUT2D eigenvalue weighted by atomic mass is 32.1. The number of hydrogen-bond acceptors (Lipinski definition) is 8. The minimum absolute atomic E-state index is 0.00908. The van der Waals surface area contributed by atoms with E-state index in [1.54, 1.807) is 11.6 Å². The van der Waals surface area contributed by atoms with Crippen molar-refractivity contribution in [2.24, 2.45) is 0 Å². The summed E-state index contributed by atoms with van der Waals surface area (Å²) in [6.07, 6.45) is 0. The van der Waals surface area contributed by atoms with E-state index in [-0.39, 0.29) is 34.0 Å². The number of amides is 1. The largest absolute Gasteiger partial charge is 0.282 e. The molecule has 4 rings (SSSR count). The van der Waals surface area contributed by atoms with Crippen LogP contribution >= 0.6 is 11.3 Å². The quantitative estimate of drug-likeness (QED) is 0.267. The van der Waals surface area contributed by atoms with Crippen molar-refractivity contribution in [1.82, 2.24) is 14.8 Å². The lowest BCUT2D eigenvalue weighted by Crippen LogP contribution is -2.34. The van der Waals surface area contributed by atoms with Gasteiger partial charge in [-0.2, -0.15) is 5.10 Å². The number of fused-ring (bicyclic) bond motifs is 1. The van der Waals surface area contributed by atoms with Gasteiger partial charge in [0.1, 0.15) is 11.3 Å². The first-order valence-electron chi connectivity index (χ1n) is 10.1. The van der Waals surface area contributed by atoms with E-state index in [1.807, 2.05) is 13.0 Å². The molecule has 0 aliphatic carbocycles. The van der Waals surface area contributed by atoms with Crippen LogP contribution < -0.4 is 4.90 Å². The van der Waals surface area contributed by atoms with Crippen LogP contribution in [0.5, 0.6) is 0 Å². The molecule has 0 aliphatic rings. The first-order chi connectivity index (χ1) is 16.5. The summed E-state index contributed by atoms with van der Waals surface area (Å²) in [6, 6.07) is 6.14. The molecule has 0 unspecified atom stereocenters. The second-order valence-electron chi connectivity index (χ2n) is 7.59. The van der Waals surface area contributed by atoms with Crippen molar-refractivity contribution < 1.29 is 23.4 Å². The van der Waals surface area contributed by atoms with E-state index in [1.165, 1.54) is 0 Å². The van der Waals surface area contributed by atoms with Gasteiger partial charge < -0.3 is 0 Å². The highest BCUT2D eigenvalue weighted by Gasteiger charge is 2.27. The molecule has 180 valence electrons. The van der Waals surface area contributed by atoms with Crippen LogP contribution in [0.25, 0.3) is 10.2 Å². The van der Waals surface area contributed by atoms with E-state index >= 15 is 0 Å². The zero-order valence-corrected chi connectivity index (χ0v) is 19.1. The average Bonchev–Trinajstić information content (AvgIpc) is 3.35. The highest BCUT2D eigenvalue weighted by Crippen LogP contribution is 2.33. The van der Waals surface area contributed by atoms with E-state index in [0.717, 1.165) is 51.9 Å². The maximum atomic E-state index is 14.3. The number of anilines is 1. The van der Waals surface area contributed by atoms with Crippen LogP contribution in [0.3, 0.4) is 0 Å². The Balaban J connectivity index is 1.80. The number of halogens is 2. The van der Waals surface area contributed by atoms with Gasteiger partial charge in [-0.05, 0) is 26.0 Å². The van der Waals surface area contributed by atoms with Gasteiger partial charge in [0.25, 0.3) is 17.3 Å². The number of benzene rings is 2. The molecule has 11 nitrogen and oxygen atoms in total. The molecule has 1 amide bonds. The van der Waals surface area contributed by atoms with Gasteiger partial charge in [0.2, 0.25) is 0 Å². The van der Waals surface area contributed by atoms with E-state index in [0.29, 0.717) is 6.07 Å². The maximum absolute atomic E-state index is 14.3. The highest BCUT2D eigenvalue weighted by molar-refractivity contribution is 7.22. The molecule has 4 aromatic rings. The van der Waals surface area contributed by atoms with E-state index in [2.05, 4.69) is 10.1 Å². The van der Waals surface area contributed by atoms with Crippen LogP contribution in [0.2, 0.25) is 0 Å². The number of nitro groups is 2. The second kappa shape index (κ2) is 9.13. The lowest BCUT2D eigenvalue weighted by Gasteiger charge is -2.20. The Kier molecular flexibility index (Phi) is 6.22. The van der Waals surface area contributed by atoms with Crippen molar-refractivity contribution in [1.29, 1.82) is 0 Å². The molecule has 0 aliphatic heterocycles. The Labute approximate surface area is 199 Å². The van der Waals surface area contributed by atoms with Crippen LogP contribution in [-0.2, 0) is 6.54 Å². The van der Waals surface area contributed by atoms with Gasteiger partial charge in [0.15, 0.2) is 10.9 Å². The molecule has 0 saturated heterocycles. The molecular formula is C21H16F2N6O5S. The zero-order valence-electron chi connectivity index (χ0n) is 18.3. The second-order valence-corrected chi connectivity index (χ2v) is 8.60. The molecule has 0 N–H and O–H groups in total. The third-order valence-electron chi connectivity index (χ3n) is 5.09. The summed E-state index contributed by atoms with van der Waals surface area (Å²) in [5.41, 5.74) is -0.215. The molecule has 14 heteroatoms. The molecule has 0 spiro atoms. The smallest absolute Gasteiger partial charge is 0.277 e. The van der Waals surface area contributed by atoms with Crippen LogP contribution in [0, 0.1) is 45.7 Å². The summed E-state index contributed by atoms with van der Waals surface area (Å²) in [5, 5.41) is 26.9. The van der Waals surface area contributed by atoms with Gasteiger partial charge in [0.05, 0.1) is 38.4 Å². The predicted molar refractivity (Wildman–Crippen MR) is 123 cm³/mol. The predicted octanol–water partition coefficient (Wildman–Crippen LogP) is 4.55. The molecule has 35 heavy (non-hydrogen) atoms. The third-order valence-corrected chi connectivity index (χ3v) is 6.11. The Hall–Kier alpha value is -4.33. The number of non-ortho nitro benzene ring substituents is 2. The number of hydrogen-bond donors (Lipinski definition) is 0. The zero-order chi connectivity index (χ0) is 25.4. The van der Waals surface area contributed by atoms with E-state index in [4.69, 9.17) is 0 Å². The van der Waals surface area contributed by atoms with E-state index < -0.39 is 38.8 Å². The average molecular weight is 502 g/mol. The lowest BCUT2D eigenvalue weighted by atomic mass is 10.1. The molecule has 0 radical (unpaired) electrons. The Bertz CT molecular complexity index is 1470. The number of aryl methyl sites for hydroxylation is 2.